The molecule has 9 aromatic rings. The third kappa shape index (κ3) is 6.01. The predicted molar refractivity (Wildman–Crippen MR) is 246 cm³/mol. The summed E-state index contributed by atoms with van der Waals surface area (Å²) in [4.78, 5) is 31.2. The van der Waals surface area contributed by atoms with E-state index in [2.05, 4.69) is 177 Å². The third-order valence-corrected chi connectivity index (χ3v) is 12.2. The van der Waals surface area contributed by atoms with Crippen molar-refractivity contribution in [3.63, 3.8) is 0 Å². The van der Waals surface area contributed by atoms with Crippen molar-refractivity contribution in [1.82, 2.24) is 29.9 Å². The van der Waals surface area contributed by atoms with Crippen LogP contribution in [0.1, 0.15) is 44.5 Å². The van der Waals surface area contributed by atoms with Crippen molar-refractivity contribution < 1.29 is 0 Å². The highest BCUT2D eigenvalue weighted by Crippen LogP contribution is 2.50. The largest absolute Gasteiger partial charge is 0.208 e. The number of aromatic nitrogens is 6. The second kappa shape index (κ2) is 14.3. The molecule has 0 bridgehead atoms. The van der Waals surface area contributed by atoms with Crippen molar-refractivity contribution in [3.8, 4) is 90.6 Å². The van der Waals surface area contributed by atoms with Gasteiger partial charge in [-0.05, 0) is 145 Å². The number of rotatable bonds is 6. The molecule has 0 radical (unpaired) electrons. The van der Waals surface area contributed by atoms with E-state index in [4.69, 9.17) is 29.9 Å². The lowest BCUT2D eigenvalue weighted by atomic mass is 9.97. The van der Waals surface area contributed by atoms with Gasteiger partial charge in [0.1, 0.15) is 0 Å². The first-order valence-electron chi connectivity index (χ1n) is 20.6. The highest BCUT2D eigenvalue weighted by Gasteiger charge is 2.26. The Bertz CT molecular complexity index is 3030. The van der Waals surface area contributed by atoms with Gasteiger partial charge in [0.2, 0.25) is 0 Å². The molecule has 0 spiro atoms. The molecule has 1 aliphatic carbocycles. The first kappa shape index (κ1) is 37.1. The number of fused-ring (bicyclic) bond motifs is 3. The van der Waals surface area contributed by atoms with E-state index in [1.54, 1.807) is 0 Å². The third-order valence-electron chi connectivity index (χ3n) is 12.2. The van der Waals surface area contributed by atoms with E-state index < -0.39 is 0 Å². The number of nitrogens with zero attached hydrogens (tertiary/aromatic N) is 6. The Morgan fingerprint density at radius 3 is 1.03 bits per heavy atom. The molecule has 10 rings (SSSR count). The molecule has 0 saturated heterocycles. The SMILES string of the molecule is Cc1cccc(C)c1-c1nc(-c2ccc3c(c2)-c2cccc4c(-c5nc(-c6c(C)cccc6C)nc(-c6c(C)cccc6C)n5)ccc-3c24)nc(-c2c(C)cccc2C)n1. The molecule has 0 amide bonds. The fraction of sp³-hybridized carbons (Fsp3) is 0.148. The Labute approximate surface area is 351 Å². The summed E-state index contributed by atoms with van der Waals surface area (Å²) in [5.41, 5.74) is 19.8. The standard InChI is InChI=1S/C54H44N6/c1-29-14-9-15-30(2)44(29)51-55-49(56-52(59-51)45-31(3)16-10-17-32(45)4)37-24-25-38-41-26-27-42(39-22-13-23-40(48(39)41)43(38)28-37)50-57-53(46-33(5)18-11-19-34(46)6)60-54(58-50)47-35(7)20-12-21-36(47)8/h9-28H,1-8H3. The molecule has 0 fully saturated rings. The first-order valence-corrected chi connectivity index (χ1v) is 20.6. The minimum Gasteiger partial charge on any atom is -0.208 e. The van der Waals surface area contributed by atoms with Gasteiger partial charge >= 0.3 is 0 Å². The fourth-order valence-corrected chi connectivity index (χ4v) is 9.31. The van der Waals surface area contributed by atoms with Gasteiger partial charge < -0.3 is 0 Å². The van der Waals surface area contributed by atoms with Crippen LogP contribution in [0.15, 0.2) is 121 Å². The van der Waals surface area contributed by atoms with E-state index in [1.807, 2.05) is 0 Å². The maximum absolute atomic E-state index is 5.26. The van der Waals surface area contributed by atoms with Gasteiger partial charge in [0.05, 0.1) is 0 Å². The van der Waals surface area contributed by atoms with Crippen molar-refractivity contribution in [2.45, 2.75) is 55.4 Å². The minimum atomic E-state index is 0.648. The molecule has 2 heterocycles. The molecule has 1 aliphatic rings. The number of hydrogen-bond donors (Lipinski definition) is 0. The Morgan fingerprint density at radius 1 is 0.267 bits per heavy atom. The summed E-state index contributed by atoms with van der Waals surface area (Å²) in [5.74, 6) is 4.03. The molecule has 0 saturated carbocycles. The molecular weight excluding hydrogens is 733 g/mol. The van der Waals surface area contributed by atoms with Gasteiger partial charge in [0.25, 0.3) is 0 Å². The summed E-state index contributed by atoms with van der Waals surface area (Å²) < 4.78 is 0. The van der Waals surface area contributed by atoms with Crippen molar-refractivity contribution in [3.05, 3.63) is 166 Å². The quantitative estimate of drug-likeness (QED) is 0.167. The van der Waals surface area contributed by atoms with Gasteiger partial charge in [-0.3, -0.25) is 0 Å². The molecule has 0 unspecified atom stereocenters. The van der Waals surface area contributed by atoms with Gasteiger partial charge in [0.15, 0.2) is 34.9 Å². The van der Waals surface area contributed by atoms with Crippen molar-refractivity contribution >= 4 is 10.8 Å². The smallest absolute Gasteiger partial charge is 0.164 e. The Balaban J connectivity index is 1.15. The van der Waals surface area contributed by atoms with E-state index in [-0.39, 0.29) is 0 Å². The van der Waals surface area contributed by atoms with E-state index >= 15 is 0 Å². The lowest BCUT2D eigenvalue weighted by Crippen LogP contribution is -2.04. The van der Waals surface area contributed by atoms with Crippen molar-refractivity contribution in [2.75, 3.05) is 0 Å². The summed E-state index contributed by atoms with van der Waals surface area (Å²) in [7, 11) is 0. The van der Waals surface area contributed by atoms with Crippen molar-refractivity contribution in [1.29, 1.82) is 0 Å². The van der Waals surface area contributed by atoms with E-state index in [1.165, 1.54) is 22.1 Å². The van der Waals surface area contributed by atoms with Crippen LogP contribution in [0.3, 0.4) is 0 Å². The van der Waals surface area contributed by atoms with Gasteiger partial charge in [-0.1, -0.05) is 109 Å². The number of aryl methyl sites for hydroxylation is 8. The van der Waals surface area contributed by atoms with Crippen LogP contribution in [0.4, 0.5) is 0 Å². The Kier molecular flexibility index (Phi) is 8.83. The summed E-state index contributed by atoms with van der Waals surface area (Å²) in [6.45, 7) is 17.0. The monoisotopic (exact) mass is 776 g/mol. The van der Waals surface area contributed by atoms with Crippen LogP contribution in [0.2, 0.25) is 0 Å². The second-order valence-electron chi connectivity index (χ2n) is 16.3. The molecule has 2 aromatic heterocycles. The van der Waals surface area contributed by atoms with Crippen LogP contribution in [-0.4, -0.2) is 29.9 Å². The number of benzene rings is 7. The molecule has 0 N–H and O–H groups in total. The minimum absolute atomic E-state index is 0.648. The predicted octanol–water partition coefficient (Wildman–Crippen LogP) is 13.3. The molecule has 7 aromatic carbocycles. The summed E-state index contributed by atoms with van der Waals surface area (Å²) in [6, 6.07) is 43.0. The van der Waals surface area contributed by atoms with Crippen LogP contribution in [0.25, 0.3) is 101 Å². The molecule has 290 valence electrons. The maximum atomic E-state index is 5.26. The van der Waals surface area contributed by atoms with Gasteiger partial charge in [-0.15, -0.1) is 0 Å². The zero-order valence-corrected chi connectivity index (χ0v) is 35.2. The summed E-state index contributed by atoms with van der Waals surface area (Å²) >= 11 is 0. The summed E-state index contributed by atoms with van der Waals surface area (Å²) in [6.07, 6.45) is 0. The van der Waals surface area contributed by atoms with Crippen LogP contribution in [0.5, 0.6) is 0 Å². The molecule has 60 heavy (non-hydrogen) atoms. The molecule has 0 aliphatic heterocycles. The lowest BCUT2D eigenvalue weighted by Gasteiger charge is -2.15. The average Bonchev–Trinajstić information content (AvgIpc) is 3.55. The van der Waals surface area contributed by atoms with Crippen LogP contribution in [0, 0.1) is 55.4 Å². The topological polar surface area (TPSA) is 77.3 Å². The molecule has 0 atom stereocenters. The normalized spacial score (nSPS) is 11.7. The molecular formula is C54H44N6. The van der Waals surface area contributed by atoms with Crippen LogP contribution in [-0.2, 0) is 0 Å². The zero-order valence-electron chi connectivity index (χ0n) is 35.2. The Morgan fingerprint density at radius 2 is 0.600 bits per heavy atom. The first-order chi connectivity index (χ1) is 29.0. The molecule has 6 nitrogen and oxygen atoms in total. The fourth-order valence-electron chi connectivity index (χ4n) is 9.31. The highest BCUT2D eigenvalue weighted by molar-refractivity contribution is 6.18. The van der Waals surface area contributed by atoms with E-state index in [0.29, 0.717) is 34.9 Å². The number of hydrogen-bond acceptors (Lipinski definition) is 6. The van der Waals surface area contributed by atoms with Gasteiger partial charge in [-0.25, -0.2) is 29.9 Å². The van der Waals surface area contributed by atoms with Crippen molar-refractivity contribution in [2.24, 2.45) is 0 Å². The lowest BCUT2D eigenvalue weighted by molar-refractivity contribution is 1.06. The Hall–Kier alpha value is -7.18. The van der Waals surface area contributed by atoms with E-state index in [9.17, 15) is 0 Å². The van der Waals surface area contributed by atoms with Crippen LogP contribution >= 0.6 is 0 Å². The average molecular weight is 777 g/mol. The van der Waals surface area contributed by atoms with E-state index in [0.717, 1.165) is 88.8 Å². The van der Waals surface area contributed by atoms with Gasteiger partial charge in [0, 0.05) is 33.4 Å². The molecule has 6 heteroatoms. The zero-order chi connectivity index (χ0) is 41.4. The van der Waals surface area contributed by atoms with Gasteiger partial charge in [-0.2, -0.15) is 0 Å². The highest BCUT2D eigenvalue weighted by atomic mass is 15.0. The van der Waals surface area contributed by atoms with Crippen LogP contribution < -0.4 is 0 Å². The summed E-state index contributed by atoms with van der Waals surface area (Å²) in [5, 5.41) is 2.29. The second-order valence-corrected chi connectivity index (χ2v) is 16.3. The maximum Gasteiger partial charge on any atom is 0.164 e.